The van der Waals surface area contributed by atoms with Gasteiger partial charge in [0.05, 0.1) is 12.7 Å². The first-order valence-corrected chi connectivity index (χ1v) is 8.96. The summed E-state index contributed by atoms with van der Waals surface area (Å²) in [5.74, 6) is -1.79. The number of rotatable bonds is 3. The second-order valence-electron chi connectivity index (χ2n) is 6.21. The molecule has 1 fully saturated rings. The van der Waals surface area contributed by atoms with Crippen molar-refractivity contribution >= 4 is 29.6 Å². The van der Waals surface area contributed by atoms with Crippen LogP contribution in [0, 0.1) is 0 Å². The number of fused-ring (bicyclic) bond motifs is 2. The van der Waals surface area contributed by atoms with E-state index < -0.39 is 34.8 Å². The Morgan fingerprint density at radius 2 is 2.11 bits per heavy atom. The Kier molecular flexibility index (Phi) is 3.84. The third-order valence-corrected chi connectivity index (χ3v) is 6.05. The Bertz CT molecular complexity index is 1050. The van der Waals surface area contributed by atoms with Crippen LogP contribution in [-0.4, -0.2) is 60.9 Å². The zero-order valence-corrected chi connectivity index (χ0v) is 15.1. The minimum absolute atomic E-state index is 0.0114. The van der Waals surface area contributed by atoms with Gasteiger partial charge in [-0.1, -0.05) is 0 Å². The van der Waals surface area contributed by atoms with E-state index >= 15 is 0 Å². The highest BCUT2D eigenvalue weighted by Crippen LogP contribution is 2.46. The van der Waals surface area contributed by atoms with Crippen LogP contribution < -0.4 is 5.56 Å². The van der Waals surface area contributed by atoms with E-state index in [0.717, 1.165) is 0 Å². The number of aromatic amines is 1. The summed E-state index contributed by atoms with van der Waals surface area (Å²) >= 11 is 1.43. The Morgan fingerprint density at radius 1 is 1.37 bits per heavy atom. The molecule has 0 aromatic carbocycles. The Hall–Kier alpha value is -3.08. The summed E-state index contributed by atoms with van der Waals surface area (Å²) in [5.41, 5.74) is 0.461. The largest absolute Gasteiger partial charge is 0.477 e. The third-order valence-electron chi connectivity index (χ3n) is 4.64. The molecule has 0 saturated carbocycles. The predicted octanol–water partition coefficient (Wildman–Crippen LogP) is 0.278. The van der Waals surface area contributed by atoms with Crippen LogP contribution >= 0.6 is 11.8 Å². The predicted molar refractivity (Wildman–Crippen MR) is 93.3 cm³/mol. The van der Waals surface area contributed by atoms with Crippen molar-refractivity contribution in [3.63, 3.8) is 0 Å². The number of esters is 1. The van der Waals surface area contributed by atoms with Crippen LogP contribution in [0.4, 0.5) is 0 Å². The summed E-state index contributed by atoms with van der Waals surface area (Å²) in [4.78, 5) is 49.6. The van der Waals surface area contributed by atoms with Gasteiger partial charge in [-0.15, -0.1) is 11.8 Å². The van der Waals surface area contributed by atoms with Gasteiger partial charge in [-0.25, -0.2) is 14.7 Å². The van der Waals surface area contributed by atoms with E-state index in [1.165, 1.54) is 40.7 Å². The standard InChI is InChI=1S/C16H14N4O6S/c1-6-5-27-14-11(13(22)20(14)10(6)15(23)24)19-3-7-9(17-18-12(7)21)8(4-19)16(25)26-2/h3-4,11,14H,5H2,1-2H3,(H,18,21)(H,23,24)/t11-,14-/m1/s1. The van der Waals surface area contributed by atoms with E-state index in [4.69, 9.17) is 4.74 Å². The van der Waals surface area contributed by atoms with Crippen LogP contribution in [0.3, 0.4) is 0 Å². The second-order valence-corrected chi connectivity index (χ2v) is 7.32. The van der Waals surface area contributed by atoms with Crippen molar-refractivity contribution in [1.82, 2.24) is 19.7 Å². The molecule has 0 aliphatic carbocycles. The first kappa shape index (κ1) is 17.3. The number of ether oxygens (including phenoxy) is 1. The molecule has 4 heterocycles. The normalized spacial score (nSPS) is 21.9. The number of hydrogen-bond acceptors (Lipinski definition) is 7. The maximum Gasteiger partial charge on any atom is 0.352 e. The average molecular weight is 390 g/mol. The quantitative estimate of drug-likeness (QED) is 0.564. The van der Waals surface area contributed by atoms with Crippen molar-refractivity contribution in [2.45, 2.75) is 18.3 Å². The van der Waals surface area contributed by atoms with Gasteiger partial charge in [0, 0.05) is 18.1 Å². The highest BCUT2D eigenvalue weighted by Gasteiger charge is 2.54. The molecule has 4 aliphatic heterocycles. The number of nitrogens with one attached hydrogen (secondary N) is 1. The van der Waals surface area contributed by atoms with Crippen molar-refractivity contribution in [1.29, 1.82) is 0 Å². The molecule has 0 spiro atoms. The maximum absolute atomic E-state index is 12.7. The number of hydrogen-bond donors (Lipinski definition) is 2. The lowest BCUT2D eigenvalue weighted by molar-refractivity contribution is -0.151. The zero-order chi connectivity index (χ0) is 19.5. The van der Waals surface area contributed by atoms with Crippen molar-refractivity contribution in [2.24, 2.45) is 0 Å². The Balaban J connectivity index is 1.81. The molecule has 0 bridgehead atoms. The topological polar surface area (TPSA) is 135 Å². The van der Waals surface area contributed by atoms with Crippen LogP contribution in [0.2, 0.25) is 0 Å². The minimum atomic E-state index is -1.16. The molecular formula is C16H14N4O6S. The molecular weight excluding hydrogens is 376 g/mol. The van der Waals surface area contributed by atoms with Gasteiger partial charge in [0.25, 0.3) is 11.5 Å². The molecule has 0 aromatic rings. The zero-order valence-electron chi connectivity index (χ0n) is 14.3. The van der Waals surface area contributed by atoms with Gasteiger partial charge in [-0.3, -0.25) is 14.5 Å². The summed E-state index contributed by atoms with van der Waals surface area (Å²) < 4.78 is 6.20. The fourth-order valence-electron chi connectivity index (χ4n) is 3.37. The van der Waals surface area contributed by atoms with E-state index in [0.29, 0.717) is 11.3 Å². The molecule has 0 unspecified atom stereocenters. The number of amides is 1. The molecule has 1 amide bonds. The fourth-order valence-corrected chi connectivity index (χ4v) is 4.73. The second kappa shape index (κ2) is 5.98. The number of carboxylic acids is 1. The van der Waals surface area contributed by atoms with Crippen molar-refractivity contribution in [2.75, 3.05) is 12.9 Å². The van der Waals surface area contributed by atoms with E-state index in [2.05, 4.69) is 10.2 Å². The number of H-pyrrole nitrogens is 1. The number of aliphatic carboxylic acids is 1. The van der Waals surface area contributed by atoms with Crippen LogP contribution in [0.15, 0.2) is 28.5 Å². The lowest BCUT2D eigenvalue weighted by atomic mass is 10.0. The lowest BCUT2D eigenvalue weighted by Crippen LogP contribution is -2.61. The van der Waals surface area contributed by atoms with Gasteiger partial charge < -0.3 is 14.4 Å². The number of methoxy groups -OCH3 is 1. The van der Waals surface area contributed by atoms with Gasteiger partial charge in [0.1, 0.15) is 28.4 Å². The van der Waals surface area contributed by atoms with Crippen LogP contribution in [0.1, 0.15) is 23.3 Å². The maximum atomic E-state index is 12.7. The number of β-lactam (4-membered cyclic amide) rings is 1. The monoisotopic (exact) mass is 390 g/mol. The first-order chi connectivity index (χ1) is 12.8. The minimum Gasteiger partial charge on any atom is -0.477 e. The molecule has 4 rings (SSSR count). The number of nitrogens with zero attached hydrogens (tertiary/aromatic N) is 3. The SMILES string of the molecule is COC(=O)c1cn([C@@H]2C(=O)N3C(C(=O)O)=C(C)CS[C@H]23)cc2c(=O)[nH]nc1-2. The molecule has 2 N–H and O–H groups in total. The fraction of sp³-hybridized carbons (Fsp3) is 0.312. The van der Waals surface area contributed by atoms with Crippen LogP contribution in [0.5, 0.6) is 0 Å². The number of carbonyl (C=O) groups is 3. The van der Waals surface area contributed by atoms with Gasteiger partial charge >= 0.3 is 11.9 Å². The highest BCUT2D eigenvalue weighted by atomic mass is 32.2. The molecule has 140 valence electrons. The molecule has 10 nitrogen and oxygen atoms in total. The molecule has 0 aromatic heterocycles. The third kappa shape index (κ3) is 2.38. The summed E-state index contributed by atoms with van der Waals surface area (Å²) in [6.45, 7) is 1.68. The number of carboxylic acid groups (broad SMARTS) is 1. The molecule has 0 radical (unpaired) electrons. The molecule has 11 heteroatoms. The summed E-state index contributed by atoms with van der Waals surface area (Å²) in [6, 6.07) is -0.737. The lowest BCUT2D eigenvalue weighted by Gasteiger charge is -2.50. The summed E-state index contributed by atoms with van der Waals surface area (Å²) in [5, 5.41) is 15.1. The van der Waals surface area contributed by atoms with E-state index in [9.17, 15) is 24.3 Å². The Labute approximate surface area is 156 Å². The van der Waals surface area contributed by atoms with Gasteiger partial charge in [-0.2, -0.15) is 5.10 Å². The number of pyridine rings is 1. The van der Waals surface area contributed by atoms with Crippen molar-refractivity contribution in [3.8, 4) is 11.3 Å². The smallest absolute Gasteiger partial charge is 0.352 e. The molecule has 27 heavy (non-hydrogen) atoms. The van der Waals surface area contributed by atoms with Crippen molar-refractivity contribution in [3.05, 3.63) is 39.6 Å². The Morgan fingerprint density at radius 3 is 2.78 bits per heavy atom. The highest BCUT2D eigenvalue weighted by molar-refractivity contribution is 8.00. The molecule has 4 aliphatic rings. The van der Waals surface area contributed by atoms with Gasteiger partial charge in [0.2, 0.25) is 0 Å². The summed E-state index contributed by atoms with van der Waals surface area (Å²) in [6.07, 6.45) is 2.85. The van der Waals surface area contributed by atoms with E-state index in [1.807, 2.05) is 0 Å². The first-order valence-electron chi connectivity index (χ1n) is 7.91. The summed E-state index contributed by atoms with van der Waals surface area (Å²) in [7, 11) is 1.20. The van der Waals surface area contributed by atoms with E-state index in [1.54, 1.807) is 6.92 Å². The van der Waals surface area contributed by atoms with Crippen LogP contribution in [0.25, 0.3) is 11.3 Å². The van der Waals surface area contributed by atoms with E-state index in [-0.39, 0.29) is 22.5 Å². The van der Waals surface area contributed by atoms with Gasteiger partial charge in [0.15, 0.2) is 0 Å². The van der Waals surface area contributed by atoms with Gasteiger partial charge in [-0.05, 0) is 12.5 Å². The number of aromatic nitrogens is 3. The molecule has 2 atom stereocenters. The van der Waals surface area contributed by atoms with Crippen molar-refractivity contribution < 1.29 is 24.2 Å². The number of carbonyl (C=O) groups excluding carboxylic acids is 2. The number of thioether (sulfide) groups is 1. The molecule has 1 saturated heterocycles. The van der Waals surface area contributed by atoms with Crippen LogP contribution in [-0.2, 0) is 14.3 Å². The average Bonchev–Trinajstić information content (AvgIpc) is 3.01.